The molecule has 0 saturated carbocycles. The lowest BCUT2D eigenvalue weighted by molar-refractivity contribution is -0.115. The maximum absolute atomic E-state index is 11.9. The summed E-state index contributed by atoms with van der Waals surface area (Å²) in [4.78, 5) is 17.2. The van der Waals surface area contributed by atoms with Crippen molar-refractivity contribution in [3.8, 4) is 0 Å². The van der Waals surface area contributed by atoms with E-state index in [9.17, 15) is 4.79 Å². The van der Waals surface area contributed by atoms with Crippen molar-refractivity contribution < 1.29 is 4.79 Å². The summed E-state index contributed by atoms with van der Waals surface area (Å²) in [6.45, 7) is 2.05. The zero-order chi connectivity index (χ0) is 16.1. The van der Waals surface area contributed by atoms with Crippen LogP contribution in [0.2, 0.25) is 0 Å². The predicted octanol–water partition coefficient (Wildman–Crippen LogP) is 4.38. The van der Waals surface area contributed by atoms with E-state index in [4.69, 9.17) is 0 Å². The molecule has 0 bridgehead atoms. The Morgan fingerprint density at radius 1 is 1.09 bits per heavy atom. The molecule has 2 aromatic heterocycles. The third-order valence-corrected chi connectivity index (χ3v) is 4.16. The van der Waals surface area contributed by atoms with Gasteiger partial charge in [0.1, 0.15) is 5.82 Å². The van der Waals surface area contributed by atoms with Crippen molar-refractivity contribution in [2.45, 2.75) is 13.3 Å². The molecule has 1 aromatic carbocycles. The van der Waals surface area contributed by atoms with E-state index in [1.165, 1.54) is 5.56 Å². The Kier molecular flexibility index (Phi) is 4.68. The van der Waals surface area contributed by atoms with Gasteiger partial charge in [-0.05, 0) is 42.6 Å². The molecule has 3 rings (SSSR count). The molecule has 116 valence electrons. The summed E-state index contributed by atoms with van der Waals surface area (Å²) in [5.74, 6) is 0.500. The van der Waals surface area contributed by atoms with E-state index in [2.05, 4.69) is 34.7 Å². The number of aromatic nitrogens is 1. The van der Waals surface area contributed by atoms with Crippen molar-refractivity contribution in [3.05, 3.63) is 70.5 Å². The monoisotopic (exact) mass is 323 g/mol. The topological polar surface area (TPSA) is 54.0 Å². The van der Waals surface area contributed by atoms with Gasteiger partial charge in [-0.3, -0.25) is 4.79 Å². The Morgan fingerprint density at radius 2 is 1.87 bits per heavy atom. The summed E-state index contributed by atoms with van der Waals surface area (Å²) < 4.78 is 0. The Labute approximate surface area is 139 Å². The molecule has 0 unspecified atom stereocenters. The molecule has 3 aromatic rings. The van der Waals surface area contributed by atoms with Crippen LogP contribution < -0.4 is 10.6 Å². The minimum atomic E-state index is -0.0563. The first-order valence-corrected chi connectivity index (χ1v) is 8.19. The average Bonchev–Trinajstić information content (AvgIpc) is 3.04. The number of nitrogens with one attached hydrogen (secondary N) is 2. The van der Waals surface area contributed by atoms with E-state index in [1.54, 1.807) is 23.6 Å². The number of carbonyl (C=O) groups is 1. The van der Waals surface area contributed by atoms with E-state index < -0.39 is 0 Å². The zero-order valence-electron chi connectivity index (χ0n) is 12.7. The minimum Gasteiger partial charge on any atom is -0.354 e. The van der Waals surface area contributed by atoms with Crippen molar-refractivity contribution in [1.82, 2.24) is 4.98 Å². The summed E-state index contributed by atoms with van der Waals surface area (Å²) in [5.41, 5.74) is 3.11. The summed E-state index contributed by atoms with van der Waals surface area (Å²) in [7, 11) is 0. The van der Waals surface area contributed by atoms with Gasteiger partial charge in [0.05, 0.1) is 18.3 Å². The molecule has 5 heteroatoms. The third-order valence-electron chi connectivity index (χ3n) is 3.29. The summed E-state index contributed by atoms with van der Waals surface area (Å²) in [6, 6.07) is 15.7. The fourth-order valence-electron chi connectivity index (χ4n) is 2.10. The van der Waals surface area contributed by atoms with Gasteiger partial charge < -0.3 is 10.6 Å². The van der Waals surface area contributed by atoms with Crippen LogP contribution in [0.3, 0.4) is 0 Å². The number of rotatable bonds is 5. The third kappa shape index (κ3) is 4.40. The van der Waals surface area contributed by atoms with Crippen LogP contribution in [0, 0.1) is 6.92 Å². The van der Waals surface area contributed by atoms with Gasteiger partial charge in [0.15, 0.2) is 0 Å². The maximum atomic E-state index is 11.9. The zero-order valence-corrected chi connectivity index (χ0v) is 13.6. The first-order chi connectivity index (χ1) is 11.2. The van der Waals surface area contributed by atoms with Crippen LogP contribution in [-0.2, 0) is 11.2 Å². The van der Waals surface area contributed by atoms with Gasteiger partial charge in [-0.2, -0.15) is 0 Å². The largest absolute Gasteiger partial charge is 0.354 e. The van der Waals surface area contributed by atoms with Crippen LogP contribution >= 0.6 is 11.3 Å². The van der Waals surface area contributed by atoms with Crippen molar-refractivity contribution in [1.29, 1.82) is 0 Å². The Morgan fingerprint density at radius 3 is 2.52 bits per heavy atom. The Balaban J connectivity index is 1.58. The molecule has 0 radical (unpaired) electrons. The lowest BCUT2D eigenvalue weighted by Gasteiger charge is -2.08. The van der Waals surface area contributed by atoms with Crippen molar-refractivity contribution in [2.24, 2.45) is 0 Å². The highest BCUT2D eigenvalue weighted by Crippen LogP contribution is 2.17. The second kappa shape index (κ2) is 7.07. The van der Waals surface area contributed by atoms with Gasteiger partial charge in [-0.1, -0.05) is 23.8 Å². The number of benzene rings is 1. The van der Waals surface area contributed by atoms with E-state index >= 15 is 0 Å². The quantitative estimate of drug-likeness (QED) is 0.733. The number of hydrogen-bond acceptors (Lipinski definition) is 4. The van der Waals surface area contributed by atoms with Gasteiger partial charge in [-0.25, -0.2) is 4.98 Å². The molecule has 0 saturated heterocycles. The van der Waals surface area contributed by atoms with E-state index in [1.807, 2.05) is 35.7 Å². The number of pyridine rings is 1. The number of nitrogens with zero attached hydrogens (tertiary/aromatic N) is 1. The molecule has 0 fully saturated rings. The smallest absolute Gasteiger partial charge is 0.230 e. The van der Waals surface area contributed by atoms with Crippen molar-refractivity contribution in [3.63, 3.8) is 0 Å². The summed E-state index contributed by atoms with van der Waals surface area (Å²) in [5, 5.41) is 8.05. The van der Waals surface area contributed by atoms with Gasteiger partial charge in [0.25, 0.3) is 0 Å². The molecule has 0 aliphatic rings. The lowest BCUT2D eigenvalue weighted by atomic mass is 10.2. The minimum absolute atomic E-state index is 0.0563. The molecule has 0 aliphatic carbocycles. The highest BCUT2D eigenvalue weighted by molar-refractivity contribution is 7.10. The molecule has 4 nitrogen and oxygen atoms in total. The van der Waals surface area contributed by atoms with E-state index in [0.29, 0.717) is 12.2 Å². The number of hydrogen-bond donors (Lipinski definition) is 2. The molecule has 1 amide bonds. The summed E-state index contributed by atoms with van der Waals surface area (Å²) in [6.07, 6.45) is 2.09. The molecule has 2 N–H and O–H groups in total. The second-order valence-corrected chi connectivity index (χ2v) is 6.26. The normalized spacial score (nSPS) is 10.3. The maximum Gasteiger partial charge on any atom is 0.230 e. The fourth-order valence-corrected chi connectivity index (χ4v) is 2.81. The standard InChI is InChI=1S/C18H17N3OS/c1-13-4-6-14(7-5-13)20-15-8-9-17(19-12-15)21-18(22)11-16-3-2-10-23-16/h2-10,12,20H,11H2,1H3,(H,19,21,22). The van der Waals surface area contributed by atoms with Crippen LogP contribution in [0.25, 0.3) is 0 Å². The van der Waals surface area contributed by atoms with Gasteiger partial charge in [0.2, 0.25) is 5.91 Å². The average molecular weight is 323 g/mol. The molecule has 2 heterocycles. The van der Waals surface area contributed by atoms with Gasteiger partial charge in [0, 0.05) is 10.6 Å². The Bertz CT molecular complexity index is 765. The van der Waals surface area contributed by atoms with Crippen LogP contribution in [0.15, 0.2) is 60.1 Å². The van der Waals surface area contributed by atoms with Crippen molar-refractivity contribution in [2.75, 3.05) is 10.6 Å². The number of anilines is 3. The first-order valence-electron chi connectivity index (χ1n) is 7.31. The van der Waals surface area contributed by atoms with Crippen LogP contribution in [0.4, 0.5) is 17.2 Å². The molecular weight excluding hydrogens is 306 g/mol. The van der Waals surface area contributed by atoms with Crippen LogP contribution in [0.5, 0.6) is 0 Å². The van der Waals surface area contributed by atoms with Gasteiger partial charge in [-0.15, -0.1) is 11.3 Å². The molecule has 0 aliphatic heterocycles. The fraction of sp³-hybridized carbons (Fsp3) is 0.111. The lowest BCUT2D eigenvalue weighted by Crippen LogP contribution is -2.14. The SMILES string of the molecule is Cc1ccc(Nc2ccc(NC(=O)Cc3cccs3)nc2)cc1. The molecule has 0 atom stereocenters. The highest BCUT2D eigenvalue weighted by atomic mass is 32.1. The second-order valence-electron chi connectivity index (χ2n) is 5.23. The number of thiophene rings is 1. The highest BCUT2D eigenvalue weighted by Gasteiger charge is 2.05. The Hall–Kier alpha value is -2.66. The first kappa shape index (κ1) is 15.2. The molecule has 0 spiro atoms. The van der Waals surface area contributed by atoms with Crippen molar-refractivity contribution >= 4 is 34.4 Å². The van der Waals surface area contributed by atoms with E-state index in [0.717, 1.165) is 16.3 Å². The summed E-state index contributed by atoms with van der Waals surface area (Å²) >= 11 is 1.58. The van der Waals surface area contributed by atoms with Gasteiger partial charge >= 0.3 is 0 Å². The molecule has 23 heavy (non-hydrogen) atoms. The predicted molar refractivity (Wildman–Crippen MR) is 95.4 cm³/mol. The van der Waals surface area contributed by atoms with Crippen LogP contribution in [-0.4, -0.2) is 10.9 Å². The molecular formula is C18H17N3OS. The number of carbonyl (C=O) groups excluding carboxylic acids is 1. The van der Waals surface area contributed by atoms with E-state index in [-0.39, 0.29) is 5.91 Å². The van der Waals surface area contributed by atoms with Crippen LogP contribution in [0.1, 0.15) is 10.4 Å². The number of amides is 1. The number of aryl methyl sites for hydroxylation is 1.